The number of rotatable bonds is 7. The van der Waals surface area contributed by atoms with Crippen molar-refractivity contribution in [3.8, 4) is 11.1 Å². The molecule has 1 aromatic heterocycles. The zero-order chi connectivity index (χ0) is 24.3. The minimum Gasteiger partial charge on any atom is -0.465 e. The second-order valence-electron chi connectivity index (χ2n) is 7.61. The summed E-state index contributed by atoms with van der Waals surface area (Å²) < 4.78 is 32.9. The van der Waals surface area contributed by atoms with Gasteiger partial charge in [0.05, 0.1) is 20.2 Å². The number of benzene rings is 2. The van der Waals surface area contributed by atoms with Crippen LogP contribution in [0.2, 0.25) is 0 Å². The number of carbonyl (C=O) groups excluding carboxylic acids is 3. The van der Waals surface area contributed by atoms with Gasteiger partial charge in [-0.1, -0.05) is 60.7 Å². The van der Waals surface area contributed by atoms with Gasteiger partial charge in [0, 0.05) is 17.5 Å². The zero-order valence-corrected chi connectivity index (χ0v) is 20.0. The molecule has 34 heavy (non-hydrogen) atoms. The molecule has 0 unspecified atom stereocenters. The lowest BCUT2D eigenvalue weighted by molar-refractivity contribution is -0.149. The van der Waals surface area contributed by atoms with Gasteiger partial charge in [0.15, 0.2) is 0 Å². The summed E-state index contributed by atoms with van der Waals surface area (Å²) in [5.41, 5.74) is 1.87. The lowest BCUT2D eigenvalue weighted by atomic mass is 10.1. The molecule has 3 aromatic rings. The Balaban J connectivity index is 1.63. The average Bonchev–Trinajstić information content (AvgIpc) is 3.30. The highest BCUT2D eigenvalue weighted by Crippen LogP contribution is 2.37. The fraction of sp³-hybridized carbons (Fsp3) is 0.208. The number of sulfonamides is 1. The third kappa shape index (κ3) is 4.65. The first-order chi connectivity index (χ1) is 16.3. The molecule has 0 N–H and O–H groups in total. The maximum absolute atomic E-state index is 13.7. The molecule has 1 fully saturated rings. The summed E-state index contributed by atoms with van der Waals surface area (Å²) in [5.74, 6) is -2.01. The fourth-order valence-corrected chi connectivity index (χ4v) is 6.77. The number of esters is 1. The maximum atomic E-state index is 13.7. The van der Waals surface area contributed by atoms with Crippen molar-refractivity contribution in [3.05, 3.63) is 76.5 Å². The van der Waals surface area contributed by atoms with Crippen LogP contribution in [0.15, 0.2) is 70.9 Å². The highest BCUT2D eigenvalue weighted by atomic mass is 32.2. The van der Waals surface area contributed by atoms with Gasteiger partial charge in [-0.2, -0.15) is 4.31 Å². The van der Waals surface area contributed by atoms with Crippen molar-refractivity contribution in [2.24, 2.45) is 0 Å². The van der Waals surface area contributed by atoms with E-state index in [1.165, 1.54) is 7.11 Å². The van der Waals surface area contributed by atoms with Crippen molar-refractivity contribution in [2.45, 2.75) is 11.3 Å². The van der Waals surface area contributed by atoms with E-state index in [1.807, 2.05) is 30.3 Å². The number of methoxy groups -OCH3 is 1. The molecule has 0 atom stereocenters. The van der Waals surface area contributed by atoms with Gasteiger partial charge < -0.3 is 4.74 Å². The van der Waals surface area contributed by atoms with Gasteiger partial charge in [-0.15, -0.1) is 11.3 Å². The Kier molecular flexibility index (Phi) is 6.92. The lowest BCUT2D eigenvalue weighted by Gasteiger charge is -2.32. The second-order valence-corrected chi connectivity index (χ2v) is 10.4. The monoisotopic (exact) mass is 498 g/mol. The number of imide groups is 1. The van der Waals surface area contributed by atoms with Gasteiger partial charge in [0.25, 0.3) is 0 Å². The van der Waals surface area contributed by atoms with Crippen LogP contribution in [-0.4, -0.2) is 62.2 Å². The minimum absolute atomic E-state index is 0.104. The molecule has 0 radical (unpaired) electrons. The molecule has 0 spiro atoms. The number of hydrogen-bond donors (Lipinski definition) is 0. The van der Waals surface area contributed by atoms with E-state index in [2.05, 4.69) is 0 Å². The van der Waals surface area contributed by atoms with E-state index in [9.17, 15) is 22.8 Å². The van der Waals surface area contributed by atoms with Crippen molar-refractivity contribution in [1.29, 1.82) is 0 Å². The SMILES string of the molecule is COC(=O)c1scc(-c2ccccc2)c1S(=O)(=O)N1CC(=O)N(CCc2ccccc2)C(=O)C1. The summed E-state index contributed by atoms with van der Waals surface area (Å²) >= 11 is 0.942. The molecule has 8 nitrogen and oxygen atoms in total. The molecule has 0 bridgehead atoms. The number of thiophene rings is 1. The van der Waals surface area contributed by atoms with E-state index in [1.54, 1.807) is 35.7 Å². The van der Waals surface area contributed by atoms with E-state index < -0.39 is 40.9 Å². The Morgan fingerprint density at radius 2 is 1.56 bits per heavy atom. The Hall–Kier alpha value is -3.34. The molecular weight excluding hydrogens is 476 g/mol. The summed E-state index contributed by atoms with van der Waals surface area (Å²) in [7, 11) is -3.20. The summed E-state index contributed by atoms with van der Waals surface area (Å²) in [6, 6.07) is 18.1. The van der Waals surface area contributed by atoms with Gasteiger partial charge in [0.1, 0.15) is 9.77 Å². The van der Waals surface area contributed by atoms with Gasteiger partial charge in [-0.05, 0) is 17.5 Å². The predicted octanol–water partition coefficient (Wildman–Crippen LogP) is 2.80. The van der Waals surface area contributed by atoms with Crippen molar-refractivity contribution >= 4 is 39.1 Å². The minimum atomic E-state index is -4.37. The molecule has 176 valence electrons. The van der Waals surface area contributed by atoms with E-state index in [0.717, 1.165) is 26.1 Å². The molecule has 0 aliphatic carbocycles. The van der Waals surface area contributed by atoms with Crippen LogP contribution in [0.3, 0.4) is 0 Å². The molecule has 2 aromatic carbocycles. The Morgan fingerprint density at radius 1 is 0.971 bits per heavy atom. The van der Waals surface area contributed by atoms with Crippen LogP contribution in [0.5, 0.6) is 0 Å². The second kappa shape index (κ2) is 9.88. The Morgan fingerprint density at radius 3 is 2.15 bits per heavy atom. The Bertz CT molecular complexity index is 1300. The lowest BCUT2D eigenvalue weighted by Crippen LogP contribution is -2.55. The number of piperazine rings is 1. The van der Waals surface area contributed by atoms with Crippen LogP contribution in [-0.2, 0) is 30.8 Å². The number of carbonyl (C=O) groups is 3. The topological polar surface area (TPSA) is 101 Å². The number of amides is 2. The van der Waals surface area contributed by atoms with Crippen molar-refractivity contribution in [1.82, 2.24) is 9.21 Å². The number of ether oxygens (including phenoxy) is 1. The highest BCUT2D eigenvalue weighted by Gasteiger charge is 2.41. The van der Waals surface area contributed by atoms with E-state index >= 15 is 0 Å². The van der Waals surface area contributed by atoms with Gasteiger partial charge in [0.2, 0.25) is 21.8 Å². The third-order valence-corrected chi connectivity index (χ3v) is 8.46. The average molecular weight is 499 g/mol. The third-order valence-electron chi connectivity index (χ3n) is 5.49. The summed E-state index contributed by atoms with van der Waals surface area (Å²) in [6.07, 6.45) is 0.472. The quantitative estimate of drug-likeness (QED) is 0.367. The molecule has 10 heteroatoms. The molecule has 1 aliphatic heterocycles. The molecule has 2 heterocycles. The Labute approximate surface area is 201 Å². The molecule has 2 amide bonds. The standard InChI is InChI=1S/C24H22N2O6S2/c1-32-24(29)22-23(19(16-33-22)18-10-6-3-7-11-18)34(30,31)25-14-20(27)26(21(28)15-25)13-12-17-8-4-2-5-9-17/h2-11,16H,12-15H2,1H3. The maximum Gasteiger partial charge on any atom is 0.349 e. The largest absolute Gasteiger partial charge is 0.465 e. The molecular formula is C24H22N2O6S2. The number of hydrogen-bond acceptors (Lipinski definition) is 7. The van der Waals surface area contributed by atoms with Gasteiger partial charge >= 0.3 is 5.97 Å². The smallest absolute Gasteiger partial charge is 0.349 e. The van der Waals surface area contributed by atoms with Crippen LogP contribution < -0.4 is 0 Å². The molecule has 1 aliphatic rings. The molecule has 4 rings (SSSR count). The molecule has 1 saturated heterocycles. The number of nitrogens with zero attached hydrogens (tertiary/aromatic N) is 2. The first kappa shape index (κ1) is 23.8. The van der Waals surface area contributed by atoms with E-state index in [-0.39, 0.29) is 16.3 Å². The van der Waals surface area contributed by atoms with Crippen molar-refractivity contribution < 1.29 is 27.5 Å². The highest BCUT2D eigenvalue weighted by molar-refractivity contribution is 7.89. The van der Waals surface area contributed by atoms with Crippen LogP contribution in [0.4, 0.5) is 0 Å². The summed E-state index contributed by atoms with van der Waals surface area (Å²) in [4.78, 5) is 38.7. The zero-order valence-electron chi connectivity index (χ0n) is 18.3. The van der Waals surface area contributed by atoms with Crippen LogP contribution in [0, 0.1) is 0 Å². The fourth-order valence-electron chi connectivity index (χ4n) is 3.76. The van der Waals surface area contributed by atoms with Crippen LogP contribution in [0.1, 0.15) is 15.2 Å². The van der Waals surface area contributed by atoms with Gasteiger partial charge in [-0.3, -0.25) is 14.5 Å². The normalized spacial score (nSPS) is 14.9. The summed E-state index contributed by atoms with van der Waals surface area (Å²) in [6.45, 7) is -0.822. The van der Waals surface area contributed by atoms with E-state index in [4.69, 9.17) is 4.74 Å². The van der Waals surface area contributed by atoms with Crippen molar-refractivity contribution in [3.63, 3.8) is 0 Å². The van der Waals surface area contributed by atoms with Crippen LogP contribution in [0.25, 0.3) is 11.1 Å². The first-order valence-electron chi connectivity index (χ1n) is 10.5. The van der Waals surface area contributed by atoms with Gasteiger partial charge in [-0.25, -0.2) is 13.2 Å². The molecule has 0 saturated carbocycles. The predicted molar refractivity (Wildman–Crippen MR) is 127 cm³/mol. The van der Waals surface area contributed by atoms with E-state index in [0.29, 0.717) is 17.5 Å². The summed E-state index contributed by atoms with van der Waals surface area (Å²) in [5, 5.41) is 1.56. The first-order valence-corrected chi connectivity index (χ1v) is 12.8. The van der Waals surface area contributed by atoms with Crippen molar-refractivity contribution in [2.75, 3.05) is 26.7 Å². The van der Waals surface area contributed by atoms with Crippen LogP contribution >= 0.6 is 11.3 Å².